The third-order valence-electron chi connectivity index (χ3n) is 2.64. The van der Waals surface area contributed by atoms with Gasteiger partial charge in [0.25, 0.3) is 0 Å². The minimum absolute atomic E-state index is 0.896. The molecule has 1 fully saturated rings. The molecule has 0 aromatic heterocycles. The smallest absolute Gasteiger partial charge is 0.170 e. The van der Waals surface area contributed by atoms with Crippen molar-refractivity contribution in [2.45, 2.75) is 28.7 Å². The molecule has 14 heavy (non-hydrogen) atoms. The first-order chi connectivity index (χ1) is 5.94. The van der Waals surface area contributed by atoms with Crippen LogP contribution in [0.4, 0.5) is 13.2 Å². The zero-order chi connectivity index (χ0) is 11.6. The lowest BCUT2D eigenvalue weighted by Crippen LogP contribution is -2.36. The molecular formula is C7H7Cl4F3. The van der Waals surface area contributed by atoms with Crippen LogP contribution >= 0.6 is 46.4 Å². The Kier molecular flexibility index (Phi) is 2.78. The van der Waals surface area contributed by atoms with Crippen molar-refractivity contribution in [2.75, 3.05) is 0 Å². The second-order valence-electron chi connectivity index (χ2n) is 3.61. The fourth-order valence-corrected chi connectivity index (χ4v) is 4.31. The van der Waals surface area contributed by atoms with Crippen LogP contribution in [0.2, 0.25) is 0 Å². The molecule has 0 atom stereocenters. The van der Waals surface area contributed by atoms with Crippen LogP contribution in [0.1, 0.15) is 13.8 Å². The topological polar surface area (TPSA) is 0 Å². The van der Waals surface area contributed by atoms with Crippen molar-refractivity contribution in [3.05, 3.63) is 0 Å². The highest BCUT2D eigenvalue weighted by Crippen LogP contribution is 2.84. The molecule has 0 nitrogen and oxygen atoms in total. The third kappa shape index (κ3) is 1.10. The first-order valence-corrected chi connectivity index (χ1v) is 5.28. The summed E-state index contributed by atoms with van der Waals surface area (Å²) >= 11 is 22.1. The highest BCUT2D eigenvalue weighted by molar-refractivity contribution is 6.69. The van der Waals surface area contributed by atoms with Gasteiger partial charge >= 0.3 is 6.18 Å². The molecule has 0 bridgehead atoms. The van der Waals surface area contributed by atoms with Gasteiger partial charge in [-0.25, -0.2) is 0 Å². The summed E-state index contributed by atoms with van der Waals surface area (Å²) in [7, 11) is 0. The summed E-state index contributed by atoms with van der Waals surface area (Å²) < 4.78 is 34.0. The van der Waals surface area contributed by atoms with Gasteiger partial charge in [-0.1, -0.05) is 60.3 Å². The second kappa shape index (κ2) is 2.99. The standard InChI is InChI=1S/C7H7Cl4F3/c1-3(2)4(7(12,13)14)5(8,9)6(4,10)11/h3H,1-2H3. The van der Waals surface area contributed by atoms with E-state index in [1.54, 1.807) is 0 Å². The first-order valence-electron chi connectivity index (χ1n) is 3.77. The highest BCUT2D eigenvalue weighted by Gasteiger charge is 2.96. The summed E-state index contributed by atoms with van der Waals surface area (Å²) in [6.45, 7) is 2.67. The minimum atomic E-state index is -4.63. The number of hydrogen-bond acceptors (Lipinski definition) is 0. The number of halogens is 7. The van der Waals surface area contributed by atoms with Gasteiger partial charge in [0, 0.05) is 0 Å². The molecule has 84 valence electrons. The van der Waals surface area contributed by atoms with Crippen LogP contribution in [0.15, 0.2) is 0 Å². The van der Waals surface area contributed by atoms with Crippen molar-refractivity contribution in [3.63, 3.8) is 0 Å². The van der Waals surface area contributed by atoms with Crippen molar-refractivity contribution >= 4 is 46.4 Å². The van der Waals surface area contributed by atoms with Gasteiger partial charge in [0.2, 0.25) is 0 Å². The fourth-order valence-electron chi connectivity index (χ4n) is 1.85. The van der Waals surface area contributed by atoms with Crippen molar-refractivity contribution in [2.24, 2.45) is 11.3 Å². The normalized spacial score (nSPS) is 27.9. The van der Waals surface area contributed by atoms with E-state index in [4.69, 9.17) is 46.4 Å². The average molecular weight is 290 g/mol. The monoisotopic (exact) mass is 288 g/mol. The SMILES string of the molecule is CC(C)C1(C(F)(F)F)C(Cl)(Cl)C1(Cl)Cl. The van der Waals surface area contributed by atoms with E-state index in [1.165, 1.54) is 13.8 Å². The Morgan fingerprint density at radius 3 is 1.21 bits per heavy atom. The summed E-state index contributed by atoms with van der Waals surface area (Å²) in [4.78, 5) is 0. The van der Waals surface area contributed by atoms with Gasteiger partial charge in [0.1, 0.15) is 5.41 Å². The van der Waals surface area contributed by atoms with Gasteiger partial charge in [-0.3, -0.25) is 0 Å². The average Bonchev–Trinajstić information content (AvgIpc) is 2.16. The second-order valence-corrected chi connectivity index (χ2v) is 6.26. The lowest BCUT2D eigenvalue weighted by Gasteiger charge is -2.25. The summed E-state index contributed by atoms with van der Waals surface area (Å²) in [5.41, 5.74) is -2.46. The van der Waals surface area contributed by atoms with E-state index in [0.717, 1.165) is 0 Å². The number of alkyl halides is 7. The summed E-state index contributed by atoms with van der Waals surface area (Å²) in [6, 6.07) is 0. The van der Waals surface area contributed by atoms with E-state index in [0.29, 0.717) is 0 Å². The van der Waals surface area contributed by atoms with Crippen LogP contribution in [0.25, 0.3) is 0 Å². The van der Waals surface area contributed by atoms with Crippen LogP contribution < -0.4 is 0 Å². The molecule has 1 rings (SSSR count). The molecule has 0 spiro atoms. The van der Waals surface area contributed by atoms with Crippen LogP contribution in [-0.2, 0) is 0 Å². The fraction of sp³-hybridized carbons (Fsp3) is 1.00. The van der Waals surface area contributed by atoms with E-state index in [2.05, 4.69) is 0 Å². The molecule has 1 aliphatic carbocycles. The molecule has 7 heteroatoms. The lowest BCUT2D eigenvalue weighted by molar-refractivity contribution is -0.201. The Hall–Kier alpha value is 0.950. The third-order valence-corrected chi connectivity index (χ3v) is 5.35. The van der Waals surface area contributed by atoms with Gasteiger partial charge in [-0.2, -0.15) is 13.2 Å². The van der Waals surface area contributed by atoms with Crippen molar-refractivity contribution in [3.8, 4) is 0 Å². The van der Waals surface area contributed by atoms with Gasteiger partial charge in [0.05, 0.1) is 0 Å². The summed E-state index contributed by atoms with van der Waals surface area (Å²) in [5, 5.41) is 0. The molecule has 0 aromatic carbocycles. The van der Waals surface area contributed by atoms with Gasteiger partial charge in [0.15, 0.2) is 8.67 Å². The number of hydrogen-bond donors (Lipinski definition) is 0. The molecule has 1 saturated carbocycles. The van der Waals surface area contributed by atoms with Crippen molar-refractivity contribution in [1.82, 2.24) is 0 Å². The first kappa shape index (κ1) is 13.0. The molecule has 0 amide bonds. The van der Waals surface area contributed by atoms with Crippen molar-refractivity contribution in [1.29, 1.82) is 0 Å². The predicted molar refractivity (Wildman–Crippen MR) is 52.2 cm³/mol. The quantitative estimate of drug-likeness (QED) is 0.621. The Morgan fingerprint density at radius 2 is 1.21 bits per heavy atom. The zero-order valence-electron chi connectivity index (χ0n) is 7.22. The van der Waals surface area contributed by atoms with E-state index in [1.807, 2.05) is 0 Å². The predicted octanol–water partition coefficient (Wildman–Crippen LogP) is 4.55. The Morgan fingerprint density at radius 1 is 0.929 bits per heavy atom. The van der Waals surface area contributed by atoms with E-state index in [9.17, 15) is 13.2 Å². The van der Waals surface area contributed by atoms with Crippen LogP contribution in [0.3, 0.4) is 0 Å². The molecule has 1 aliphatic rings. The minimum Gasteiger partial charge on any atom is -0.170 e. The largest absolute Gasteiger partial charge is 0.400 e. The van der Waals surface area contributed by atoms with E-state index in [-0.39, 0.29) is 0 Å². The van der Waals surface area contributed by atoms with E-state index < -0.39 is 26.2 Å². The molecule has 0 heterocycles. The number of rotatable bonds is 1. The lowest BCUT2D eigenvalue weighted by atomic mass is 9.91. The molecule has 0 aromatic rings. The van der Waals surface area contributed by atoms with Gasteiger partial charge < -0.3 is 0 Å². The Bertz CT molecular complexity index is 242. The molecule has 0 N–H and O–H groups in total. The Labute approximate surface area is 99.6 Å². The van der Waals surface area contributed by atoms with Crippen LogP contribution in [-0.4, -0.2) is 14.8 Å². The van der Waals surface area contributed by atoms with Crippen LogP contribution in [0, 0.1) is 11.3 Å². The Balaban J connectivity index is 3.27. The highest BCUT2D eigenvalue weighted by atomic mass is 35.5. The van der Waals surface area contributed by atoms with Gasteiger partial charge in [-0.15, -0.1) is 0 Å². The molecule has 0 saturated heterocycles. The molecule has 0 unspecified atom stereocenters. The van der Waals surface area contributed by atoms with Gasteiger partial charge in [-0.05, 0) is 5.92 Å². The maximum absolute atomic E-state index is 12.8. The molecular weight excluding hydrogens is 283 g/mol. The van der Waals surface area contributed by atoms with E-state index >= 15 is 0 Å². The van der Waals surface area contributed by atoms with Crippen molar-refractivity contribution < 1.29 is 13.2 Å². The summed E-state index contributed by atoms with van der Waals surface area (Å²) in [5.74, 6) is -0.896. The zero-order valence-corrected chi connectivity index (χ0v) is 10.2. The molecule has 0 aliphatic heterocycles. The summed E-state index contributed by atoms with van der Waals surface area (Å²) in [6.07, 6.45) is -4.63. The molecule has 0 radical (unpaired) electrons. The van der Waals surface area contributed by atoms with Crippen LogP contribution in [0.5, 0.6) is 0 Å². The maximum Gasteiger partial charge on any atom is 0.400 e. The maximum atomic E-state index is 12.8.